The summed E-state index contributed by atoms with van der Waals surface area (Å²) in [6, 6.07) is 1.98. The maximum atomic E-state index is 5.77. The lowest BCUT2D eigenvalue weighted by atomic mass is 10.1. The summed E-state index contributed by atoms with van der Waals surface area (Å²) in [6.45, 7) is 2.72. The predicted molar refractivity (Wildman–Crippen MR) is 76.3 cm³/mol. The molecular formula is C14H24N4O. The lowest BCUT2D eigenvalue weighted by molar-refractivity contribution is -0.00274. The van der Waals surface area contributed by atoms with E-state index in [9.17, 15) is 0 Å². The van der Waals surface area contributed by atoms with Gasteiger partial charge in [-0.05, 0) is 32.4 Å². The minimum atomic E-state index is 0.383. The van der Waals surface area contributed by atoms with Crippen molar-refractivity contribution >= 4 is 5.95 Å². The van der Waals surface area contributed by atoms with E-state index in [1.54, 1.807) is 0 Å². The summed E-state index contributed by atoms with van der Waals surface area (Å²) < 4.78 is 5.77. The van der Waals surface area contributed by atoms with E-state index in [4.69, 9.17) is 4.74 Å². The molecule has 1 saturated heterocycles. The summed E-state index contributed by atoms with van der Waals surface area (Å²) in [7, 11) is 6.03. The molecule has 0 N–H and O–H groups in total. The van der Waals surface area contributed by atoms with E-state index in [1.165, 1.54) is 19.3 Å². The van der Waals surface area contributed by atoms with Crippen molar-refractivity contribution in [1.82, 2.24) is 14.9 Å². The minimum Gasteiger partial charge on any atom is -0.377 e. The van der Waals surface area contributed by atoms with E-state index in [-0.39, 0.29) is 0 Å². The van der Waals surface area contributed by atoms with Gasteiger partial charge in [-0.2, -0.15) is 0 Å². The van der Waals surface area contributed by atoms with E-state index in [2.05, 4.69) is 21.9 Å². The third kappa shape index (κ3) is 4.44. The molecule has 0 aromatic carbocycles. The fourth-order valence-corrected chi connectivity index (χ4v) is 2.33. The first-order chi connectivity index (χ1) is 9.15. The van der Waals surface area contributed by atoms with Crippen molar-refractivity contribution in [3.63, 3.8) is 0 Å². The molecule has 2 heterocycles. The smallest absolute Gasteiger partial charge is 0.225 e. The Morgan fingerprint density at radius 3 is 2.84 bits per heavy atom. The van der Waals surface area contributed by atoms with Gasteiger partial charge >= 0.3 is 0 Å². The van der Waals surface area contributed by atoms with Gasteiger partial charge < -0.3 is 9.64 Å². The van der Waals surface area contributed by atoms with Gasteiger partial charge in [0.05, 0.1) is 11.8 Å². The molecule has 1 atom stereocenters. The van der Waals surface area contributed by atoms with Crippen LogP contribution in [-0.4, -0.2) is 55.3 Å². The molecule has 0 saturated carbocycles. The van der Waals surface area contributed by atoms with Crippen LogP contribution < -0.4 is 4.90 Å². The highest BCUT2D eigenvalue weighted by molar-refractivity contribution is 5.26. The first-order valence-electron chi connectivity index (χ1n) is 6.94. The standard InChI is InChI=1S/C14H24N4O/c1-17(2)14-15-8-7-12(16-14)10-18(3)11-13-6-4-5-9-19-13/h7-8,13H,4-6,9-11H2,1-3H3/t13-/m1/s1. The van der Waals surface area contributed by atoms with Crippen molar-refractivity contribution in [2.75, 3.05) is 39.2 Å². The van der Waals surface area contributed by atoms with E-state index in [0.29, 0.717) is 6.10 Å². The van der Waals surface area contributed by atoms with Crippen LogP contribution in [0, 0.1) is 0 Å². The van der Waals surface area contributed by atoms with Crippen LogP contribution in [0.1, 0.15) is 25.0 Å². The Kier molecular flexibility index (Phi) is 5.10. The van der Waals surface area contributed by atoms with Crippen molar-refractivity contribution in [1.29, 1.82) is 0 Å². The Labute approximate surface area is 115 Å². The van der Waals surface area contributed by atoms with Gasteiger partial charge in [-0.1, -0.05) is 0 Å². The topological polar surface area (TPSA) is 41.5 Å². The summed E-state index contributed by atoms with van der Waals surface area (Å²) >= 11 is 0. The maximum Gasteiger partial charge on any atom is 0.225 e. The minimum absolute atomic E-state index is 0.383. The number of ether oxygens (including phenoxy) is 1. The van der Waals surface area contributed by atoms with Crippen LogP contribution in [0.15, 0.2) is 12.3 Å². The second-order valence-electron chi connectivity index (χ2n) is 5.43. The Bertz CT molecular complexity index is 391. The molecule has 1 aliphatic rings. The third-order valence-corrected chi connectivity index (χ3v) is 3.32. The Balaban J connectivity index is 1.87. The molecule has 1 aliphatic heterocycles. The Morgan fingerprint density at radius 1 is 1.32 bits per heavy atom. The first-order valence-corrected chi connectivity index (χ1v) is 6.94. The van der Waals surface area contributed by atoms with Crippen molar-refractivity contribution in [2.24, 2.45) is 0 Å². The van der Waals surface area contributed by atoms with Gasteiger partial charge in [0.25, 0.3) is 0 Å². The SMILES string of the molecule is CN(Cc1ccnc(N(C)C)n1)C[C@H]1CCCCO1. The van der Waals surface area contributed by atoms with Crippen LogP contribution in [0.25, 0.3) is 0 Å². The van der Waals surface area contributed by atoms with Crippen LogP contribution in [-0.2, 0) is 11.3 Å². The average Bonchev–Trinajstić information content (AvgIpc) is 2.40. The monoisotopic (exact) mass is 264 g/mol. The van der Waals surface area contributed by atoms with Gasteiger partial charge in [0, 0.05) is 40.0 Å². The lowest BCUT2D eigenvalue weighted by Gasteiger charge is -2.27. The molecule has 5 nitrogen and oxygen atoms in total. The summed E-state index contributed by atoms with van der Waals surface area (Å²) in [5.41, 5.74) is 1.05. The molecule has 0 aliphatic carbocycles. The van der Waals surface area contributed by atoms with Crippen molar-refractivity contribution < 1.29 is 4.74 Å². The van der Waals surface area contributed by atoms with Crippen LogP contribution in [0.4, 0.5) is 5.95 Å². The van der Waals surface area contributed by atoms with Crippen LogP contribution >= 0.6 is 0 Å². The molecule has 1 fully saturated rings. The van der Waals surface area contributed by atoms with Crippen molar-refractivity contribution in [3.8, 4) is 0 Å². The van der Waals surface area contributed by atoms with Crippen LogP contribution in [0.2, 0.25) is 0 Å². The first kappa shape index (κ1) is 14.2. The zero-order valence-corrected chi connectivity index (χ0v) is 12.2. The van der Waals surface area contributed by atoms with Gasteiger partial charge in [-0.25, -0.2) is 9.97 Å². The fourth-order valence-electron chi connectivity index (χ4n) is 2.33. The summed E-state index contributed by atoms with van der Waals surface area (Å²) in [5, 5.41) is 0. The normalized spacial score (nSPS) is 19.7. The molecule has 1 aromatic rings. The van der Waals surface area contributed by atoms with Gasteiger partial charge in [0.2, 0.25) is 5.95 Å². The summed E-state index contributed by atoms with van der Waals surface area (Å²) in [5.74, 6) is 0.764. The van der Waals surface area contributed by atoms with Gasteiger partial charge in [-0.15, -0.1) is 0 Å². The zero-order chi connectivity index (χ0) is 13.7. The van der Waals surface area contributed by atoms with E-state index in [1.807, 2.05) is 31.3 Å². The summed E-state index contributed by atoms with van der Waals surface area (Å²) in [4.78, 5) is 13.0. The molecule has 0 spiro atoms. The molecular weight excluding hydrogens is 240 g/mol. The summed E-state index contributed by atoms with van der Waals surface area (Å²) in [6.07, 6.45) is 5.88. The molecule has 0 radical (unpaired) electrons. The van der Waals surface area contributed by atoms with E-state index < -0.39 is 0 Å². The molecule has 106 valence electrons. The number of hydrogen-bond acceptors (Lipinski definition) is 5. The number of likely N-dealkylation sites (N-methyl/N-ethyl adjacent to an activating group) is 1. The van der Waals surface area contributed by atoms with E-state index in [0.717, 1.165) is 31.3 Å². The van der Waals surface area contributed by atoms with Crippen molar-refractivity contribution in [3.05, 3.63) is 18.0 Å². The van der Waals surface area contributed by atoms with Gasteiger partial charge in [0.15, 0.2) is 0 Å². The number of aromatic nitrogens is 2. The van der Waals surface area contributed by atoms with Crippen LogP contribution in [0.3, 0.4) is 0 Å². The maximum absolute atomic E-state index is 5.77. The third-order valence-electron chi connectivity index (χ3n) is 3.32. The van der Waals surface area contributed by atoms with E-state index >= 15 is 0 Å². The zero-order valence-electron chi connectivity index (χ0n) is 12.2. The average molecular weight is 264 g/mol. The highest BCUT2D eigenvalue weighted by Crippen LogP contribution is 2.14. The lowest BCUT2D eigenvalue weighted by Crippen LogP contribution is -2.33. The van der Waals surface area contributed by atoms with Gasteiger partial charge in [0.1, 0.15) is 0 Å². The second-order valence-corrected chi connectivity index (χ2v) is 5.43. The quantitative estimate of drug-likeness (QED) is 0.807. The fraction of sp³-hybridized carbons (Fsp3) is 0.714. The number of nitrogens with zero attached hydrogens (tertiary/aromatic N) is 4. The molecule has 1 aromatic heterocycles. The molecule has 2 rings (SSSR count). The second kappa shape index (κ2) is 6.82. The molecule has 19 heavy (non-hydrogen) atoms. The van der Waals surface area contributed by atoms with Crippen molar-refractivity contribution in [2.45, 2.75) is 31.9 Å². The number of hydrogen-bond donors (Lipinski definition) is 0. The van der Waals surface area contributed by atoms with Crippen LogP contribution in [0.5, 0.6) is 0 Å². The predicted octanol–water partition coefficient (Wildman–Crippen LogP) is 1.54. The molecule has 0 amide bonds. The number of anilines is 1. The highest BCUT2D eigenvalue weighted by atomic mass is 16.5. The molecule has 0 bridgehead atoms. The number of rotatable bonds is 5. The molecule has 0 unspecified atom stereocenters. The Morgan fingerprint density at radius 2 is 2.16 bits per heavy atom. The largest absolute Gasteiger partial charge is 0.377 e. The van der Waals surface area contributed by atoms with Gasteiger partial charge in [-0.3, -0.25) is 4.90 Å². The molecule has 5 heteroatoms. The Hall–Kier alpha value is -1.20. The highest BCUT2D eigenvalue weighted by Gasteiger charge is 2.16.